The van der Waals surface area contributed by atoms with E-state index in [9.17, 15) is 19.5 Å². The van der Waals surface area contributed by atoms with Gasteiger partial charge in [-0.3, -0.25) is 4.79 Å². The number of aromatic nitrogens is 1. The topological polar surface area (TPSA) is 109 Å². The zero-order chi connectivity index (χ0) is 19.3. The molecule has 1 saturated heterocycles. The quantitative estimate of drug-likeness (QED) is 0.843. The lowest BCUT2D eigenvalue weighted by atomic mass is 9.60. The van der Waals surface area contributed by atoms with Crippen molar-refractivity contribution in [1.82, 2.24) is 9.47 Å². The Labute approximate surface area is 151 Å². The van der Waals surface area contributed by atoms with Crippen LogP contribution in [0.15, 0.2) is 17.1 Å². The minimum atomic E-state index is -1.23. The summed E-state index contributed by atoms with van der Waals surface area (Å²) in [5, 5.41) is 18.5. The van der Waals surface area contributed by atoms with Gasteiger partial charge >= 0.3 is 12.1 Å². The fourth-order valence-corrected chi connectivity index (χ4v) is 3.85. The molecule has 0 radical (unpaired) electrons. The van der Waals surface area contributed by atoms with Crippen molar-refractivity contribution in [2.45, 2.75) is 51.9 Å². The van der Waals surface area contributed by atoms with Crippen molar-refractivity contribution in [3.8, 4) is 0 Å². The predicted octanol–water partition coefficient (Wildman–Crippen LogP) is 1.61. The van der Waals surface area contributed by atoms with Crippen LogP contribution in [0, 0.1) is 5.41 Å². The van der Waals surface area contributed by atoms with Gasteiger partial charge in [0.15, 0.2) is 0 Å². The zero-order valence-electron chi connectivity index (χ0n) is 15.2. The van der Waals surface area contributed by atoms with Crippen LogP contribution >= 0.6 is 0 Å². The molecule has 3 rings (SSSR count). The average molecular weight is 364 g/mol. The van der Waals surface area contributed by atoms with E-state index in [0.717, 1.165) is 12.8 Å². The normalized spacial score (nSPS) is 19.0. The number of carbonyl (C=O) groups excluding carboxylic acids is 1. The predicted molar refractivity (Wildman–Crippen MR) is 92.1 cm³/mol. The first-order chi connectivity index (χ1) is 12.1. The number of ether oxygens (including phenoxy) is 1. The lowest BCUT2D eigenvalue weighted by molar-refractivity contribution is -0.0913. The second kappa shape index (κ2) is 6.12. The van der Waals surface area contributed by atoms with Crippen LogP contribution in [-0.4, -0.2) is 50.4 Å². The van der Waals surface area contributed by atoms with Gasteiger partial charge in [0.05, 0.1) is 17.7 Å². The van der Waals surface area contributed by atoms with Gasteiger partial charge in [-0.15, -0.1) is 0 Å². The lowest BCUT2D eigenvalue weighted by Gasteiger charge is -2.58. The second-order valence-electron chi connectivity index (χ2n) is 8.28. The molecule has 0 bridgehead atoms. The summed E-state index contributed by atoms with van der Waals surface area (Å²) in [6, 6.07) is 1.31. The molecule has 1 aliphatic carbocycles. The molecule has 1 aromatic rings. The van der Waals surface area contributed by atoms with Crippen LogP contribution in [0.3, 0.4) is 0 Å². The fourth-order valence-electron chi connectivity index (χ4n) is 3.85. The van der Waals surface area contributed by atoms with E-state index in [2.05, 4.69) is 0 Å². The maximum atomic E-state index is 12.5. The number of aliphatic hydroxyl groups excluding tert-OH is 1. The van der Waals surface area contributed by atoms with Gasteiger partial charge in [-0.25, -0.2) is 9.59 Å². The highest BCUT2D eigenvalue weighted by atomic mass is 16.6. The SMILES string of the molecule is CC(C)(C)OC(=O)N1CC2(CC(n3ccc(C(=O)O)c(CO)c3=O)C2)C1. The Balaban J connectivity index is 1.64. The van der Waals surface area contributed by atoms with Crippen molar-refractivity contribution in [3.63, 3.8) is 0 Å². The van der Waals surface area contributed by atoms with Crippen LogP contribution in [0.25, 0.3) is 0 Å². The number of carbonyl (C=O) groups is 2. The van der Waals surface area contributed by atoms with Crippen molar-refractivity contribution < 1.29 is 24.5 Å². The average Bonchev–Trinajstić information content (AvgIpc) is 2.43. The van der Waals surface area contributed by atoms with Gasteiger partial charge in [-0.1, -0.05) is 0 Å². The van der Waals surface area contributed by atoms with Crippen molar-refractivity contribution >= 4 is 12.1 Å². The summed E-state index contributed by atoms with van der Waals surface area (Å²) in [6.07, 6.45) is 2.64. The first kappa shape index (κ1) is 18.4. The van der Waals surface area contributed by atoms with Crippen LogP contribution in [0.5, 0.6) is 0 Å². The molecule has 0 atom stereocenters. The number of carboxylic acids is 1. The molecule has 2 N–H and O–H groups in total. The van der Waals surface area contributed by atoms with E-state index in [0.29, 0.717) is 13.1 Å². The molecule has 2 heterocycles. The number of pyridine rings is 1. The number of carboxylic acid groups (broad SMARTS) is 1. The van der Waals surface area contributed by atoms with Crippen molar-refractivity contribution in [3.05, 3.63) is 33.7 Å². The highest BCUT2D eigenvalue weighted by molar-refractivity contribution is 5.89. The van der Waals surface area contributed by atoms with Crippen LogP contribution < -0.4 is 5.56 Å². The Bertz CT molecular complexity index is 793. The maximum absolute atomic E-state index is 12.5. The Hall–Kier alpha value is -2.35. The second-order valence-corrected chi connectivity index (χ2v) is 8.28. The van der Waals surface area contributed by atoms with Gasteiger partial charge in [0.2, 0.25) is 0 Å². The smallest absolute Gasteiger partial charge is 0.410 e. The highest BCUT2D eigenvalue weighted by Gasteiger charge is 2.55. The van der Waals surface area contributed by atoms with Crippen LogP contribution in [0.4, 0.5) is 4.79 Å². The molecule has 1 saturated carbocycles. The van der Waals surface area contributed by atoms with Crippen LogP contribution in [0.1, 0.15) is 55.6 Å². The molecular formula is C18H24N2O6. The molecule has 0 unspecified atom stereocenters. The number of amides is 1. The first-order valence-electron chi connectivity index (χ1n) is 8.61. The Morgan fingerprint density at radius 1 is 1.31 bits per heavy atom. The molecule has 0 aromatic carbocycles. The number of likely N-dealkylation sites (tertiary alicyclic amines) is 1. The Morgan fingerprint density at radius 3 is 2.42 bits per heavy atom. The molecule has 2 aliphatic rings. The third kappa shape index (κ3) is 3.21. The van der Waals surface area contributed by atoms with Gasteiger partial charge in [0.25, 0.3) is 5.56 Å². The molecule has 2 fully saturated rings. The zero-order valence-corrected chi connectivity index (χ0v) is 15.2. The summed E-state index contributed by atoms with van der Waals surface area (Å²) in [7, 11) is 0. The van der Waals surface area contributed by atoms with E-state index >= 15 is 0 Å². The summed E-state index contributed by atoms with van der Waals surface area (Å²) in [5.41, 5.74) is -1.24. The van der Waals surface area contributed by atoms with Crippen molar-refractivity contribution in [2.24, 2.45) is 5.41 Å². The minimum absolute atomic E-state index is 0.00581. The van der Waals surface area contributed by atoms with Gasteiger partial charge in [-0.2, -0.15) is 0 Å². The largest absolute Gasteiger partial charge is 0.478 e. The summed E-state index contributed by atoms with van der Waals surface area (Å²) in [4.78, 5) is 37.3. The molecule has 1 amide bonds. The molecule has 1 aromatic heterocycles. The van der Waals surface area contributed by atoms with Crippen LogP contribution in [0.2, 0.25) is 0 Å². The molecule has 1 spiro atoms. The van der Waals surface area contributed by atoms with Gasteiger partial charge < -0.3 is 24.4 Å². The Morgan fingerprint density at radius 2 is 1.92 bits per heavy atom. The molecular weight excluding hydrogens is 340 g/mol. The van der Waals surface area contributed by atoms with E-state index in [1.54, 1.807) is 4.90 Å². The lowest BCUT2D eigenvalue weighted by Crippen LogP contribution is -2.64. The summed E-state index contributed by atoms with van der Waals surface area (Å²) in [6.45, 7) is 6.08. The van der Waals surface area contributed by atoms with Crippen molar-refractivity contribution in [2.75, 3.05) is 13.1 Å². The first-order valence-corrected chi connectivity index (χ1v) is 8.61. The molecule has 8 nitrogen and oxygen atoms in total. The fraction of sp³-hybridized carbons (Fsp3) is 0.611. The van der Waals surface area contributed by atoms with E-state index in [-0.39, 0.29) is 28.7 Å². The molecule has 142 valence electrons. The van der Waals surface area contributed by atoms with Gasteiger partial charge in [-0.05, 0) is 39.7 Å². The number of hydrogen-bond donors (Lipinski definition) is 2. The summed E-state index contributed by atoms with van der Waals surface area (Å²) >= 11 is 0. The van der Waals surface area contributed by atoms with Gasteiger partial charge in [0.1, 0.15) is 5.60 Å². The number of rotatable bonds is 3. The minimum Gasteiger partial charge on any atom is -0.478 e. The number of aromatic carboxylic acids is 1. The molecule has 1 aliphatic heterocycles. The third-order valence-corrected chi connectivity index (χ3v) is 5.04. The molecule has 26 heavy (non-hydrogen) atoms. The number of nitrogens with zero attached hydrogens (tertiary/aromatic N) is 2. The Kier molecular flexibility index (Phi) is 4.34. The van der Waals surface area contributed by atoms with Crippen LogP contribution in [-0.2, 0) is 11.3 Å². The molecule has 8 heteroatoms. The van der Waals surface area contributed by atoms with E-state index in [4.69, 9.17) is 9.84 Å². The maximum Gasteiger partial charge on any atom is 0.410 e. The van der Waals surface area contributed by atoms with Crippen molar-refractivity contribution in [1.29, 1.82) is 0 Å². The summed E-state index contributed by atoms with van der Waals surface area (Å²) in [5.74, 6) is -1.23. The number of hydrogen-bond acceptors (Lipinski definition) is 5. The van der Waals surface area contributed by atoms with E-state index in [1.165, 1.54) is 16.8 Å². The number of aliphatic hydroxyl groups is 1. The third-order valence-electron chi connectivity index (χ3n) is 5.04. The highest BCUT2D eigenvalue weighted by Crippen LogP contribution is 2.53. The standard InChI is InChI=1S/C18H24N2O6/c1-17(2,3)26-16(25)19-9-18(10-19)6-11(7-18)20-5-4-12(15(23)24)13(8-21)14(20)22/h4-5,11,21H,6-10H2,1-3H3,(H,23,24). The monoisotopic (exact) mass is 364 g/mol. The van der Waals surface area contributed by atoms with Gasteiger partial charge in [0, 0.05) is 30.7 Å². The van der Waals surface area contributed by atoms with E-state index < -0.39 is 23.7 Å². The summed E-state index contributed by atoms with van der Waals surface area (Å²) < 4.78 is 6.85. The van der Waals surface area contributed by atoms with E-state index in [1.807, 2.05) is 20.8 Å².